The molecular formula is C24H22Cl2N4O2. The van der Waals surface area contributed by atoms with Crippen molar-refractivity contribution in [3.8, 4) is 5.75 Å². The molecule has 8 heteroatoms. The maximum atomic E-state index is 13.0. The minimum atomic E-state index is -0.366. The Morgan fingerprint density at radius 2 is 1.75 bits per heavy atom. The number of H-pyrrole nitrogens is 1. The molecule has 164 valence electrons. The highest BCUT2D eigenvalue weighted by Gasteiger charge is 2.19. The van der Waals surface area contributed by atoms with Crippen LogP contribution in [0.1, 0.15) is 34.6 Å². The topological polar surface area (TPSA) is 79.9 Å². The summed E-state index contributed by atoms with van der Waals surface area (Å²) in [6.45, 7) is 0. The van der Waals surface area contributed by atoms with Gasteiger partial charge in [-0.1, -0.05) is 53.5 Å². The Morgan fingerprint density at radius 1 is 1.03 bits per heavy atom. The van der Waals surface area contributed by atoms with E-state index >= 15 is 0 Å². The third-order valence-corrected chi connectivity index (χ3v) is 5.76. The van der Waals surface area contributed by atoms with Gasteiger partial charge in [-0.25, -0.2) is 4.98 Å². The number of rotatable bonds is 8. The van der Waals surface area contributed by atoms with E-state index in [0.717, 1.165) is 31.5 Å². The molecule has 0 saturated carbocycles. The van der Waals surface area contributed by atoms with Crippen molar-refractivity contribution in [1.82, 2.24) is 15.0 Å². The fourth-order valence-corrected chi connectivity index (χ4v) is 4.03. The number of ether oxygens (including phenoxy) is 1. The van der Waals surface area contributed by atoms with Gasteiger partial charge in [0, 0.05) is 18.8 Å². The van der Waals surface area contributed by atoms with E-state index in [2.05, 4.69) is 39.6 Å². The summed E-state index contributed by atoms with van der Waals surface area (Å²) in [4.78, 5) is 24.9. The summed E-state index contributed by atoms with van der Waals surface area (Å²) < 4.78 is 5.46. The lowest BCUT2D eigenvalue weighted by Gasteiger charge is -2.10. The Kier molecular flexibility index (Phi) is 6.93. The third-order valence-electron chi connectivity index (χ3n) is 5.18. The Hall–Kier alpha value is -3.09. The molecule has 2 aromatic heterocycles. The molecule has 2 aromatic carbocycles. The lowest BCUT2D eigenvalue weighted by Crippen LogP contribution is -2.13. The third kappa shape index (κ3) is 4.87. The first-order valence-electron chi connectivity index (χ1n) is 10.3. The van der Waals surface area contributed by atoms with E-state index in [4.69, 9.17) is 32.9 Å². The summed E-state index contributed by atoms with van der Waals surface area (Å²) >= 11 is 12.3. The van der Waals surface area contributed by atoms with E-state index in [1.807, 2.05) is 6.07 Å². The summed E-state index contributed by atoms with van der Waals surface area (Å²) in [6, 6.07) is 13.8. The highest BCUT2D eigenvalue weighted by Crippen LogP contribution is 2.31. The number of nitrogens with one attached hydrogen (secondary N) is 2. The summed E-state index contributed by atoms with van der Waals surface area (Å²) in [5.74, 6) is 1.07. The molecule has 0 saturated heterocycles. The van der Waals surface area contributed by atoms with Crippen molar-refractivity contribution in [2.24, 2.45) is 0 Å². The average Bonchev–Trinajstić information content (AvgIpc) is 3.23. The second-order valence-corrected chi connectivity index (χ2v) is 8.16. The van der Waals surface area contributed by atoms with Gasteiger partial charge in [-0.3, -0.25) is 9.78 Å². The van der Waals surface area contributed by atoms with Gasteiger partial charge in [0.2, 0.25) is 0 Å². The van der Waals surface area contributed by atoms with Crippen molar-refractivity contribution in [1.29, 1.82) is 0 Å². The molecule has 1 amide bonds. The number of aromatic nitrogens is 3. The second kappa shape index (κ2) is 10.0. The fraction of sp³-hybridized carbons (Fsp3) is 0.208. The Balaban J connectivity index is 1.53. The monoisotopic (exact) mass is 468 g/mol. The first kappa shape index (κ1) is 22.1. The zero-order valence-corrected chi connectivity index (χ0v) is 19.0. The molecule has 4 rings (SSSR count). The van der Waals surface area contributed by atoms with E-state index in [1.54, 1.807) is 19.2 Å². The zero-order chi connectivity index (χ0) is 22.5. The fourth-order valence-electron chi connectivity index (χ4n) is 3.57. The number of methoxy groups -OCH3 is 1. The highest BCUT2D eigenvalue weighted by atomic mass is 35.5. The Morgan fingerprint density at radius 3 is 2.47 bits per heavy atom. The number of hydrogen-bond acceptors (Lipinski definition) is 4. The standard InChI is InChI=1S/C24H22Cl2N4O2/c1-32-19-12-11-16(24(31)30-22-17(25)13-27-14-18(22)26)21-23(19)29-20(28-21)10-6-5-9-15-7-3-2-4-8-15/h2-4,7-8,11-14H,5-6,9-10H2,1H3,(H,28,29)(H,27,30,31). The van der Waals surface area contributed by atoms with Crippen LogP contribution in [0.2, 0.25) is 10.0 Å². The summed E-state index contributed by atoms with van der Waals surface area (Å²) in [5.41, 5.74) is 3.27. The van der Waals surface area contributed by atoms with Crippen molar-refractivity contribution in [2.45, 2.75) is 25.7 Å². The minimum absolute atomic E-state index is 0.261. The lowest BCUT2D eigenvalue weighted by atomic mass is 10.1. The first-order chi connectivity index (χ1) is 15.6. The maximum Gasteiger partial charge on any atom is 0.258 e. The number of amides is 1. The van der Waals surface area contributed by atoms with Crippen LogP contribution < -0.4 is 10.1 Å². The number of anilines is 1. The number of aryl methyl sites for hydroxylation is 2. The SMILES string of the molecule is COc1ccc(C(=O)Nc2c(Cl)cncc2Cl)c2nc(CCCCc3ccccc3)[nH]c12. The van der Waals surface area contributed by atoms with Gasteiger partial charge in [-0.15, -0.1) is 0 Å². The number of carbonyl (C=O) groups excluding carboxylic acids is 1. The van der Waals surface area contributed by atoms with Gasteiger partial charge in [-0.2, -0.15) is 0 Å². The number of carbonyl (C=O) groups is 1. The minimum Gasteiger partial charge on any atom is -0.494 e. The molecule has 0 spiro atoms. The van der Waals surface area contributed by atoms with Crippen LogP contribution in [0.15, 0.2) is 54.9 Å². The van der Waals surface area contributed by atoms with Crippen molar-refractivity contribution in [3.63, 3.8) is 0 Å². The van der Waals surface area contributed by atoms with E-state index in [1.165, 1.54) is 18.0 Å². The second-order valence-electron chi connectivity index (χ2n) is 7.35. The number of aromatic amines is 1. The van der Waals surface area contributed by atoms with Crippen molar-refractivity contribution >= 4 is 45.8 Å². The molecule has 32 heavy (non-hydrogen) atoms. The van der Waals surface area contributed by atoms with Crippen LogP contribution in [-0.4, -0.2) is 28.0 Å². The zero-order valence-electron chi connectivity index (χ0n) is 17.5. The number of hydrogen-bond donors (Lipinski definition) is 2. The van der Waals surface area contributed by atoms with Gasteiger partial charge in [0.15, 0.2) is 0 Å². The molecule has 6 nitrogen and oxygen atoms in total. The van der Waals surface area contributed by atoms with E-state index < -0.39 is 0 Å². The molecule has 0 unspecified atom stereocenters. The molecule has 0 aliphatic rings. The largest absolute Gasteiger partial charge is 0.494 e. The van der Waals surface area contributed by atoms with Crippen LogP contribution in [0.4, 0.5) is 5.69 Å². The molecule has 0 radical (unpaired) electrons. The number of benzene rings is 2. The van der Waals surface area contributed by atoms with Gasteiger partial charge < -0.3 is 15.0 Å². The molecule has 0 fully saturated rings. The molecule has 2 heterocycles. The molecule has 0 atom stereocenters. The summed E-state index contributed by atoms with van der Waals surface area (Å²) in [7, 11) is 1.59. The number of halogens is 2. The van der Waals surface area contributed by atoms with Crippen molar-refractivity contribution in [2.75, 3.05) is 12.4 Å². The molecule has 0 bridgehead atoms. The van der Waals surface area contributed by atoms with Crippen LogP contribution in [0.3, 0.4) is 0 Å². The molecule has 0 aliphatic carbocycles. The quantitative estimate of drug-likeness (QED) is 0.306. The van der Waals surface area contributed by atoms with Gasteiger partial charge in [0.25, 0.3) is 5.91 Å². The summed E-state index contributed by atoms with van der Waals surface area (Å²) in [5, 5.41) is 3.29. The smallest absolute Gasteiger partial charge is 0.258 e. The first-order valence-corrected chi connectivity index (χ1v) is 11.0. The number of unbranched alkanes of at least 4 members (excludes halogenated alkanes) is 1. The Bertz CT molecular complexity index is 1220. The van der Waals surface area contributed by atoms with Crippen molar-refractivity contribution in [3.05, 3.63) is 81.9 Å². The predicted octanol–water partition coefficient (Wildman–Crippen LogP) is 6.09. The molecule has 2 N–H and O–H groups in total. The predicted molar refractivity (Wildman–Crippen MR) is 128 cm³/mol. The molecule has 0 aliphatic heterocycles. The van der Waals surface area contributed by atoms with Gasteiger partial charge in [-0.05, 0) is 37.0 Å². The normalized spacial score (nSPS) is 11.0. The van der Waals surface area contributed by atoms with Gasteiger partial charge >= 0.3 is 0 Å². The number of pyridine rings is 1. The van der Waals surface area contributed by atoms with E-state index in [-0.39, 0.29) is 16.0 Å². The van der Waals surface area contributed by atoms with Crippen LogP contribution in [-0.2, 0) is 12.8 Å². The number of imidazole rings is 1. The van der Waals surface area contributed by atoms with Crippen LogP contribution in [0.5, 0.6) is 5.75 Å². The number of fused-ring (bicyclic) bond motifs is 1. The Labute approximate surface area is 195 Å². The van der Waals surface area contributed by atoms with Gasteiger partial charge in [0.05, 0.1) is 28.4 Å². The highest BCUT2D eigenvalue weighted by molar-refractivity contribution is 6.39. The van der Waals surface area contributed by atoms with Crippen LogP contribution in [0, 0.1) is 0 Å². The molecular weight excluding hydrogens is 447 g/mol. The van der Waals surface area contributed by atoms with Gasteiger partial charge in [0.1, 0.15) is 22.6 Å². The van der Waals surface area contributed by atoms with E-state index in [9.17, 15) is 4.79 Å². The summed E-state index contributed by atoms with van der Waals surface area (Å²) in [6.07, 6.45) is 6.66. The average molecular weight is 469 g/mol. The number of nitrogens with zero attached hydrogens (tertiary/aromatic N) is 2. The van der Waals surface area contributed by atoms with E-state index in [0.29, 0.717) is 28.0 Å². The van der Waals surface area contributed by atoms with Crippen molar-refractivity contribution < 1.29 is 9.53 Å². The van der Waals surface area contributed by atoms with Crippen LogP contribution >= 0.6 is 23.2 Å². The lowest BCUT2D eigenvalue weighted by molar-refractivity contribution is 0.102. The maximum absolute atomic E-state index is 13.0. The van der Waals surface area contributed by atoms with Crippen LogP contribution in [0.25, 0.3) is 11.0 Å². The molecule has 4 aromatic rings.